The fraction of sp³-hybridized carbons (Fsp3) is 0.625. The molecule has 2 nitrogen and oxygen atoms in total. The van der Waals surface area contributed by atoms with Crippen LogP contribution in [0.4, 0.5) is 0 Å². The van der Waals surface area contributed by atoms with Crippen LogP contribution in [0.5, 0.6) is 0 Å². The molecule has 0 atom stereocenters. The SMILES string of the molecule is Cc1nn(C(C)(C)C)cc1Br. The summed E-state index contributed by atoms with van der Waals surface area (Å²) in [5.74, 6) is 0. The summed E-state index contributed by atoms with van der Waals surface area (Å²) < 4.78 is 3.04. The number of aryl methyl sites for hydroxylation is 1. The van der Waals surface area contributed by atoms with Crippen molar-refractivity contribution >= 4 is 15.9 Å². The molecule has 0 spiro atoms. The first kappa shape index (κ1) is 8.78. The van der Waals surface area contributed by atoms with Gasteiger partial charge in [-0.1, -0.05) is 0 Å². The highest BCUT2D eigenvalue weighted by molar-refractivity contribution is 9.10. The Kier molecular flexibility index (Phi) is 2.10. The normalized spacial score (nSPS) is 12.1. The van der Waals surface area contributed by atoms with Crippen molar-refractivity contribution in [3.63, 3.8) is 0 Å². The van der Waals surface area contributed by atoms with Crippen molar-refractivity contribution < 1.29 is 0 Å². The van der Waals surface area contributed by atoms with Gasteiger partial charge in [0.15, 0.2) is 0 Å². The molecule has 0 unspecified atom stereocenters. The number of hydrogen-bond donors (Lipinski definition) is 0. The minimum absolute atomic E-state index is 0.0801. The Labute approximate surface area is 75.7 Å². The molecule has 0 bridgehead atoms. The smallest absolute Gasteiger partial charge is 0.0735 e. The summed E-state index contributed by atoms with van der Waals surface area (Å²) >= 11 is 3.43. The zero-order valence-electron chi connectivity index (χ0n) is 7.35. The molecule has 0 aliphatic carbocycles. The van der Waals surface area contributed by atoms with Crippen LogP contribution in [0.2, 0.25) is 0 Å². The molecule has 0 fully saturated rings. The largest absolute Gasteiger partial charge is 0.266 e. The maximum atomic E-state index is 4.35. The van der Waals surface area contributed by atoms with Gasteiger partial charge in [-0.3, -0.25) is 4.68 Å². The second-order valence-corrected chi connectivity index (χ2v) is 4.53. The summed E-state index contributed by atoms with van der Waals surface area (Å²) in [6, 6.07) is 0. The Morgan fingerprint density at radius 2 is 2.00 bits per heavy atom. The van der Waals surface area contributed by atoms with E-state index in [0.717, 1.165) is 10.2 Å². The summed E-state index contributed by atoms with van der Waals surface area (Å²) in [6.07, 6.45) is 2.01. The maximum absolute atomic E-state index is 4.35. The minimum Gasteiger partial charge on any atom is -0.266 e. The molecule has 0 N–H and O–H groups in total. The van der Waals surface area contributed by atoms with Gasteiger partial charge in [-0.25, -0.2) is 0 Å². The highest BCUT2D eigenvalue weighted by Gasteiger charge is 2.14. The van der Waals surface area contributed by atoms with Crippen LogP contribution in [0.15, 0.2) is 10.7 Å². The fourth-order valence-electron chi connectivity index (χ4n) is 0.783. The van der Waals surface area contributed by atoms with Crippen molar-refractivity contribution in [1.29, 1.82) is 0 Å². The van der Waals surface area contributed by atoms with Gasteiger partial charge in [-0.2, -0.15) is 5.10 Å². The summed E-state index contributed by atoms with van der Waals surface area (Å²) in [6.45, 7) is 8.38. The van der Waals surface area contributed by atoms with Gasteiger partial charge in [0, 0.05) is 6.20 Å². The zero-order valence-corrected chi connectivity index (χ0v) is 8.94. The van der Waals surface area contributed by atoms with Crippen LogP contribution in [0, 0.1) is 6.92 Å². The summed E-state index contributed by atoms with van der Waals surface area (Å²) in [4.78, 5) is 0. The van der Waals surface area contributed by atoms with Crippen LogP contribution in [-0.4, -0.2) is 9.78 Å². The first-order valence-corrected chi connectivity index (χ1v) is 4.43. The highest BCUT2D eigenvalue weighted by Crippen LogP contribution is 2.19. The summed E-state index contributed by atoms with van der Waals surface area (Å²) in [5, 5.41) is 4.35. The number of hydrogen-bond acceptors (Lipinski definition) is 1. The van der Waals surface area contributed by atoms with Crippen molar-refractivity contribution in [3.05, 3.63) is 16.4 Å². The second kappa shape index (κ2) is 2.63. The van der Waals surface area contributed by atoms with Gasteiger partial charge >= 0.3 is 0 Å². The van der Waals surface area contributed by atoms with E-state index in [4.69, 9.17) is 0 Å². The lowest BCUT2D eigenvalue weighted by Gasteiger charge is -2.18. The van der Waals surface area contributed by atoms with Crippen molar-refractivity contribution in [2.24, 2.45) is 0 Å². The van der Waals surface area contributed by atoms with Gasteiger partial charge in [0.2, 0.25) is 0 Å². The van der Waals surface area contributed by atoms with E-state index in [2.05, 4.69) is 41.8 Å². The van der Waals surface area contributed by atoms with E-state index in [1.807, 2.05) is 17.8 Å². The molecule has 3 heteroatoms. The second-order valence-electron chi connectivity index (χ2n) is 3.68. The number of nitrogens with zero attached hydrogens (tertiary/aromatic N) is 2. The summed E-state index contributed by atoms with van der Waals surface area (Å²) in [7, 11) is 0. The third-order valence-electron chi connectivity index (χ3n) is 1.53. The van der Waals surface area contributed by atoms with E-state index in [1.165, 1.54) is 0 Å². The van der Waals surface area contributed by atoms with Crippen LogP contribution < -0.4 is 0 Å². The van der Waals surface area contributed by atoms with E-state index < -0.39 is 0 Å². The number of rotatable bonds is 0. The Bertz CT molecular complexity index is 238. The highest BCUT2D eigenvalue weighted by atomic mass is 79.9. The van der Waals surface area contributed by atoms with Crippen LogP contribution in [-0.2, 0) is 5.54 Å². The summed E-state index contributed by atoms with van der Waals surface area (Å²) in [5.41, 5.74) is 1.12. The van der Waals surface area contributed by atoms with Crippen molar-refractivity contribution in [3.8, 4) is 0 Å². The van der Waals surface area contributed by atoms with Gasteiger partial charge in [0.1, 0.15) is 0 Å². The number of aromatic nitrogens is 2. The molecule has 0 aromatic carbocycles. The Morgan fingerprint density at radius 1 is 1.45 bits per heavy atom. The zero-order chi connectivity index (χ0) is 8.65. The van der Waals surface area contributed by atoms with Crippen molar-refractivity contribution in [1.82, 2.24) is 9.78 Å². The Morgan fingerprint density at radius 3 is 2.18 bits per heavy atom. The molecule has 11 heavy (non-hydrogen) atoms. The molecular weight excluding hydrogens is 204 g/mol. The molecule has 0 aliphatic heterocycles. The van der Waals surface area contributed by atoms with E-state index in [-0.39, 0.29) is 5.54 Å². The van der Waals surface area contributed by atoms with Crippen LogP contribution in [0.3, 0.4) is 0 Å². The quantitative estimate of drug-likeness (QED) is 0.653. The van der Waals surface area contributed by atoms with Crippen LogP contribution in [0.1, 0.15) is 26.5 Å². The van der Waals surface area contributed by atoms with Gasteiger partial charge < -0.3 is 0 Å². The lowest BCUT2D eigenvalue weighted by Crippen LogP contribution is -2.22. The van der Waals surface area contributed by atoms with Gasteiger partial charge in [0.05, 0.1) is 15.7 Å². The van der Waals surface area contributed by atoms with Gasteiger partial charge in [-0.05, 0) is 43.6 Å². The van der Waals surface area contributed by atoms with E-state index in [0.29, 0.717) is 0 Å². The molecule has 62 valence electrons. The molecule has 0 saturated carbocycles. The number of halogens is 1. The van der Waals surface area contributed by atoms with Crippen molar-refractivity contribution in [2.45, 2.75) is 33.2 Å². The first-order valence-electron chi connectivity index (χ1n) is 3.63. The third-order valence-corrected chi connectivity index (χ3v) is 2.30. The van der Waals surface area contributed by atoms with E-state index >= 15 is 0 Å². The average molecular weight is 217 g/mol. The molecule has 1 heterocycles. The molecule has 0 radical (unpaired) electrons. The molecule has 1 rings (SSSR count). The lowest BCUT2D eigenvalue weighted by molar-refractivity contribution is 0.354. The standard InChI is InChI=1S/C8H13BrN2/c1-6-7(9)5-11(10-6)8(2,3)4/h5H,1-4H3. The molecule has 0 saturated heterocycles. The molecule has 0 amide bonds. The molecule has 1 aromatic heterocycles. The molecule has 0 aliphatic rings. The van der Waals surface area contributed by atoms with E-state index in [9.17, 15) is 0 Å². The van der Waals surface area contributed by atoms with Crippen LogP contribution in [0.25, 0.3) is 0 Å². The van der Waals surface area contributed by atoms with Crippen molar-refractivity contribution in [2.75, 3.05) is 0 Å². The topological polar surface area (TPSA) is 17.8 Å². The maximum Gasteiger partial charge on any atom is 0.0735 e. The predicted octanol–water partition coefficient (Wildman–Crippen LogP) is 2.71. The van der Waals surface area contributed by atoms with Gasteiger partial charge in [0.25, 0.3) is 0 Å². The molecular formula is C8H13BrN2. The Balaban J connectivity index is 3.08. The fourth-order valence-corrected chi connectivity index (χ4v) is 1.06. The average Bonchev–Trinajstić information content (AvgIpc) is 2.11. The monoisotopic (exact) mass is 216 g/mol. The predicted molar refractivity (Wildman–Crippen MR) is 49.7 cm³/mol. The molecule has 1 aromatic rings. The third kappa shape index (κ3) is 1.83. The first-order chi connectivity index (χ1) is 4.91. The Hall–Kier alpha value is -0.310. The van der Waals surface area contributed by atoms with E-state index in [1.54, 1.807) is 0 Å². The van der Waals surface area contributed by atoms with Gasteiger partial charge in [-0.15, -0.1) is 0 Å². The lowest BCUT2D eigenvalue weighted by atomic mass is 10.1. The minimum atomic E-state index is 0.0801. The van der Waals surface area contributed by atoms with Crippen LogP contribution >= 0.6 is 15.9 Å².